The van der Waals surface area contributed by atoms with Gasteiger partial charge in [0.05, 0.1) is 0 Å². The van der Waals surface area contributed by atoms with Crippen LogP contribution in [0.3, 0.4) is 0 Å². The molecule has 62 heavy (non-hydrogen) atoms. The summed E-state index contributed by atoms with van der Waals surface area (Å²) in [5.74, 6) is -0.868. The molecule has 0 aromatic heterocycles. The number of hydrogen-bond acceptors (Lipinski definition) is 6. The van der Waals surface area contributed by atoms with Crippen molar-refractivity contribution in [2.75, 3.05) is 13.2 Å². The summed E-state index contributed by atoms with van der Waals surface area (Å²) in [7, 11) is 0. The van der Waals surface area contributed by atoms with Crippen molar-refractivity contribution in [3.8, 4) is 0 Å². The first-order chi connectivity index (χ1) is 30.5. The van der Waals surface area contributed by atoms with E-state index in [9.17, 15) is 14.4 Å². The third kappa shape index (κ3) is 48.9. The molecule has 0 bridgehead atoms. The van der Waals surface area contributed by atoms with Crippen molar-refractivity contribution in [2.45, 2.75) is 303 Å². The molecule has 0 radical (unpaired) electrons. The molecule has 364 valence electrons. The first kappa shape index (κ1) is 59.9. The Morgan fingerprint density at radius 1 is 0.323 bits per heavy atom. The summed E-state index contributed by atoms with van der Waals surface area (Å²) in [5, 5.41) is 0. The van der Waals surface area contributed by atoms with Crippen molar-refractivity contribution in [3.63, 3.8) is 0 Å². The zero-order chi connectivity index (χ0) is 45.1. The molecule has 1 atom stereocenters. The normalized spacial score (nSPS) is 12.1. The molecule has 0 aliphatic heterocycles. The molecular formula is C56H104O6. The Morgan fingerprint density at radius 3 is 0.919 bits per heavy atom. The van der Waals surface area contributed by atoms with E-state index < -0.39 is 6.10 Å². The molecule has 0 aromatic carbocycles. The van der Waals surface area contributed by atoms with Crippen LogP contribution in [0.2, 0.25) is 0 Å². The van der Waals surface area contributed by atoms with Crippen molar-refractivity contribution in [1.29, 1.82) is 0 Å². The van der Waals surface area contributed by atoms with Gasteiger partial charge in [0, 0.05) is 19.3 Å². The van der Waals surface area contributed by atoms with Crippen molar-refractivity contribution >= 4 is 17.9 Å². The second-order valence-electron chi connectivity index (χ2n) is 18.5. The van der Waals surface area contributed by atoms with Crippen LogP contribution in [0, 0.1) is 0 Å². The fourth-order valence-electron chi connectivity index (χ4n) is 8.06. The molecule has 6 heteroatoms. The largest absolute Gasteiger partial charge is 0.462 e. The lowest BCUT2D eigenvalue weighted by Crippen LogP contribution is -2.30. The third-order valence-electron chi connectivity index (χ3n) is 12.2. The Bertz CT molecular complexity index is 1000. The van der Waals surface area contributed by atoms with Gasteiger partial charge in [-0.2, -0.15) is 0 Å². The van der Waals surface area contributed by atoms with E-state index in [1.165, 1.54) is 180 Å². The summed E-state index contributed by atoms with van der Waals surface area (Å²) >= 11 is 0. The highest BCUT2D eigenvalue weighted by Crippen LogP contribution is 2.16. The number of hydrogen-bond donors (Lipinski definition) is 0. The van der Waals surface area contributed by atoms with Crippen LogP contribution in [-0.4, -0.2) is 37.2 Å². The highest BCUT2D eigenvalue weighted by Gasteiger charge is 2.19. The molecule has 0 rings (SSSR count). The fraction of sp³-hybridized carbons (Fsp3) is 0.875. The Labute approximate surface area is 385 Å². The van der Waals surface area contributed by atoms with Crippen LogP contribution in [0.1, 0.15) is 297 Å². The zero-order valence-electron chi connectivity index (χ0n) is 41.7. The van der Waals surface area contributed by atoms with Gasteiger partial charge < -0.3 is 14.2 Å². The highest BCUT2D eigenvalue weighted by molar-refractivity contribution is 5.71. The Morgan fingerprint density at radius 2 is 0.581 bits per heavy atom. The third-order valence-corrected chi connectivity index (χ3v) is 12.2. The SMILES string of the molecule is CCCCC/C=C\C/C=C\CCCCCCCC(=O)O[C@H](COC(=O)CCCCCCCCCCCCCC)COC(=O)CCCCCCCCCCCCCCCCCCC. The topological polar surface area (TPSA) is 78.9 Å². The average molecular weight is 873 g/mol. The lowest BCUT2D eigenvalue weighted by molar-refractivity contribution is -0.167. The molecule has 0 amide bonds. The highest BCUT2D eigenvalue weighted by atomic mass is 16.6. The van der Waals surface area contributed by atoms with Gasteiger partial charge in [0.1, 0.15) is 13.2 Å². The van der Waals surface area contributed by atoms with Crippen molar-refractivity contribution in [3.05, 3.63) is 24.3 Å². The van der Waals surface area contributed by atoms with E-state index in [2.05, 4.69) is 45.1 Å². The maximum absolute atomic E-state index is 12.8. The maximum Gasteiger partial charge on any atom is 0.306 e. The van der Waals surface area contributed by atoms with Crippen LogP contribution in [-0.2, 0) is 28.6 Å². The molecule has 0 saturated carbocycles. The van der Waals surface area contributed by atoms with E-state index in [-0.39, 0.29) is 31.1 Å². The number of carbonyl (C=O) groups is 3. The number of allylic oxidation sites excluding steroid dienone is 4. The molecule has 0 unspecified atom stereocenters. The van der Waals surface area contributed by atoms with E-state index in [0.29, 0.717) is 19.3 Å². The van der Waals surface area contributed by atoms with Gasteiger partial charge in [-0.3, -0.25) is 14.4 Å². The molecule has 0 aromatic rings. The zero-order valence-corrected chi connectivity index (χ0v) is 41.7. The van der Waals surface area contributed by atoms with Crippen LogP contribution in [0.5, 0.6) is 0 Å². The summed E-state index contributed by atoms with van der Waals surface area (Å²) in [6, 6.07) is 0. The summed E-state index contributed by atoms with van der Waals surface area (Å²) in [6.45, 7) is 6.64. The predicted molar refractivity (Wildman–Crippen MR) is 266 cm³/mol. The number of esters is 3. The van der Waals surface area contributed by atoms with Gasteiger partial charge >= 0.3 is 17.9 Å². The van der Waals surface area contributed by atoms with Gasteiger partial charge in [-0.25, -0.2) is 0 Å². The second-order valence-corrected chi connectivity index (χ2v) is 18.5. The van der Waals surface area contributed by atoms with Crippen molar-refractivity contribution in [1.82, 2.24) is 0 Å². The van der Waals surface area contributed by atoms with Gasteiger partial charge in [0.15, 0.2) is 6.10 Å². The number of unbranched alkanes of at least 4 members (excludes halogenated alkanes) is 35. The second kappa shape index (κ2) is 51.5. The van der Waals surface area contributed by atoms with E-state index in [1.54, 1.807) is 0 Å². The lowest BCUT2D eigenvalue weighted by Gasteiger charge is -2.18. The minimum absolute atomic E-state index is 0.0718. The summed E-state index contributed by atoms with van der Waals surface area (Å²) in [4.78, 5) is 38.0. The maximum atomic E-state index is 12.8. The summed E-state index contributed by atoms with van der Waals surface area (Å²) in [6.07, 6.45) is 58.7. The van der Waals surface area contributed by atoms with E-state index in [0.717, 1.165) is 77.0 Å². The van der Waals surface area contributed by atoms with Gasteiger partial charge in [0.25, 0.3) is 0 Å². The molecule has 0 spiro atoms. The fourth-order valence-corrected chi connectivity index (χ4v) is 8.06. The van der Waals surface area contributed by atoms with E-state index in [1.807, 2.05) is 0 Å². The van der Waals surface area contributed by atoms with Crippen LogP contribution < -0.4 is 0 Å². The average Bonchev–Trinajstić information content (AvgIpc) is 3.27. The standard InChI is InChI=1S/C56H104O6/c1-4-7-10-13-16-19-22-25-27-28-30-31-34-37-40-43-46-49-55(58)61-52-53(51-60-54(57)48-45-42-39-36-33-24-21-18-15-12-9-6-3)62-56(59)50-47-44-41-38-35-32-29-26-23-20-17-14-11-8-5-2/h17,20,26,29,53H,4-16,18-19,21-25,27-28,30-52H2,1-3H3/b20-17-,29-26-/t53-/m1/s1. The van der Waals surface area contributed by atoms with Crippen LogP contribution >= 0.6 is 0 Å². The van der Waals surface area contributed by atoms with Crippen LogP contribution in [0.25, 0.3) is 0 Å². The van der Waals surface area contributed by atoms with Gasteiger partial charge in [0.2, 0.25) is 0 Å². The minimum Gasteiger partial charge on any atom is -0.462 e. The van der Waals surface area contributed by atoms with Crippen LogP contribution in [0.15, 0.2) is 24.3 Å². The molecular weight excluding hydrogens is 769 g/mol. The Hall–Kier alpha value is -2.11. The lowest BCUT2D eigenvalue weighted by atomic mass is 10.0. The Kier molecular flexibility index (Phi) is 49.8. The molecule has 6 nitrogen and oxygen atoms in total. The minimum atomic E-state index is -0.772. The van der Waals surface area contributed by atoms with Gasteiger partial charge in [-0.1, -0.05) is 251 Å². The molecule has 0 fully saturated rings. The van der Waals surface area contributed by atoms with Crippen molar-refractivity contribution < 1.29 is 28.6 Å². The quantitative estimate of drug-likeness (QED) is 0.0262. The number of rotatable bonds is 50. The molecule has 0 heterocycles. The number of carbonyl (C=O) groups excluding carboxylic acids is 3. The van der Waals surface area contributed by atoms with E-state index in [4.69, 9.17) is 14.2 Å². The smallest absolute Gasteiger partial charge is 0.306 e. The van der Waals surface area contributed by atoms with Gasteiger partial charge in [-0.15, -0.1) is 0 Å². The predicted octanol–water partition coefficient (Wildman–Crippen LogP) is 17.9. The molecule has 0 aliphatic carbocycles. The molecule has 0 saturated heterocycles. The summed E-state index contributed by atoms with van der Waals surface area (Å²) in [5.41, 5.74) is 0. The van der Waals surface area contributed by atoms with Crippen molar-refractivity contribution in [2.24, 2.45) is 0 Å². The first-order valence-corrected chi connectivity index (χ1v) is 27.3. The van der Waals surface area contributed by atoms with E-state index >= 15 is 0 Å². The first-order valence-electron chi connectivity index (χ1n) is 27.3. The van der Waals surface area contributed by atoms with Crippen LogP contribution in [0.4, 0.5) is 0 Å². The monoisotopic (exact) mass is 873 g/mol. The molecule has 0 aliphatic rings. The summed E-state index contributed by atoms with van der Waals surface area (Å²) < 4.78 is 16.8. The Balaban J connectivity index is 4.33. The number of ether oxygens (including phenoxy) is 3. The van der Waals surface area contributed by atoms with Gasteiger partial charge in [-0.05, 0) is 51.4 Å². The molecule has 0 N–H and O–H groups in total.